The molecule has 1 aliphatic heterocycles. The van der Waals surface area contributed by atoms with E-state index >= 15 is 0 Å². The molecule has 0 bridgehead atoms. The summed E-state index contributed by atoms with van der Waals surface area (Å²) in [6.45, 7) is 7.76. The molecule has 158 valence electrons. The fourth-order valence-electron chi connectivity index (χ4n) is 3.38. The summed E-state index contributed by atoms with van der Waals surface area (Å²) in [4.78, 5) is 14.6. The van der Waals surface area contributed by atoms with E-state index in [0.717, 1.165) is 49.6 Å². The fourth-order valence-corrected chi connectivity index (χ4v) is 3.38. The van der Waals surface area contributed by atoms with Crippen LogP contribution in [0.4, 0.5) is 0 Å². The topological polar surface area (TPSA) is 79.5 Å². The third-order valence-electron chi connectivity index (χ3n) is 5.33. The van der Waals surface area contributed by atoms with E-state index in [4.69, 9.17) is 9.47 Å². The second kappa shape index (κ2) is 10.4. The molecule has 1 aliphatic rings. The highest BCUT2D eigenvalue weighted by molar-refractivity contribution is 5.92. The van der Waals surface area contributed by atoms with Gasteiger partial charge in [-0.1, -0.05) is 26.0 Å². The second-order valence-corrected chi connectivity index (χ2v) is 7.87. The first-order chi connectivity index (χ1) is 14.0. The Morgan fingerprint density at radius 1 is 1.34 bits per heavy atom. The van der Waals surface area contributed by atoms with Crippen molar-refractivity contribution in [3.05, 3.63) is 47.3 Å². The van der Waals surface area contributed by atoms with Gasteiger partial charge in [-0.25, -0.2) is 0 Å². The Bertz CT molecular complexity index is 784. The van der Waals surface area contributed by atoms with Crippen molar-refractivity contribution < 1.29 is 14.3 Å². The maximum Gasteiger partial charge on any atom is 0.272 e. The molecule has 7 heteroatoms. The number of aromatic nitrogens is 2. The highest BCUT2D eigenvalue weighted by Crippen LogP contribution is 2.16. The molecule has 1 aromatic carbocycles. The van der Waals surface area contributed by atoms with Crippen LogP contribution in [0, 0.1) is 0 Å². The van der Waals surface area contributed by atoms with Gasteiger partial charge in [-0.15, -0.1) is 0 Å². The molecule has 0 radical (unpaired) electrons. The average molecular weight is 401 g/mol. The predicted octanol–water partition coefficient (Wildman–Crippen LogP) is 2.95. The maximum atomic E-state index is 12.3. The number of nitrogens with zero attached hydrogens (tertiary/aromatic N) is 2. The average Bonchev–Trinajstić information content (AvgIpc) is 3.24. The van der Waals surface area contributed by atoms with Crippen LogP contribution in [0.2, 0.25) is 0 Å². The number of aromatic amines is 1. The summed E-state index contributed by atoms with van der Waals surface area (Å²) in [6.07, 6.45) is 2.17. The molecule has 1 aromatic heterocycles. The molecule has 0 saturated carbocycles. The summed E-state index contributed by atoms with van der Waals surface area (Å²) in [5.41, 5.74) is 2.36. The van der Waals surface area contributed by atoms with Gasteiger partial charge in [-0.3, -0.25) is 14.8 Å². The third-order valence-corrected chi connectivity index (χ3v) is 5.33. The normalized spacial score (nSPS) is 15.1. The molecule has 29 heavy (non-hydrogen) atoms. The lowest BCUT2D eigenvalue weighted by molar-refractivity contribution is 0.0392. The number of hydrogen-bond acceptors (Lipinski definition) is 5. The van der Waals surface area contributed by atoms with E-state index in [-0.39, 0.29) is 5.91 Å². The molecule has 1 saturated heterocycles. The van der Waals surface area contributed by atoms with E-state index in [9.17, 15) is 4.79 Å². The smallest absolute Gasteiger partial charge is 0.272 e. The van der Waals surface area contributed by atoms with Gasteiger partial charge in [-0.05, 0) is 49.6 Å². The molecule has 1 fully saturated rings. The number of ether oxygens (including phenoxy) is 2. The number of benzene rings is 1. The summed E-state index contributed by atoms with van der Waals surface area (Å²) < 4.78 is 11.3. The van der Waals surface area contributed by atoms with Crippen molar-refractivity contribution in [3.8, 4) is 5.75 Å². The predicted molar refractivity (Wildman–Crippen MR) is 112 cm³/mol. The molecule has 2 heterocycles. The molecular weight excluding hydrogens is 368 g/mol. The Morgan fingerprint density at radius 3 is 2.86 bits per heavy atom. The van der Waals surface area contributed by atoms with Crippen LogP contribution in [-0.2, 0) is 11.3 Å². The molecule has 1 amide bonds. The van der Waals surface area contributed by atoms with Crippen molar-refractivity contribution in [1.82, 2.24) is 20.4 Å². The Morgan fingerprint density at radius 2 is 2.14 bits per heavy atom. The lowest BCUT2D eigenvalue weighted by Crippen LogP contribution is -2.38. The number of H-pyrrole nitrogens is 1. The Kier molecular flexibility index (Phi) is 7.66. The van der Waals surface area contributed by atoms with Gasteiger partial charge >= 0.3 is 0 Å². The first-order valence-corrected chi connectivity index (χ1v) is 10.4. The van der Waals surface area contributed by atoms with E-state index < -0.39 is 0 Å². The SMILES string of the molecule is CC(C)c1cc(C(=O)NCc2cccc(OCCN(C)C3CCOCC3)c2)n[nH]1. The highest BCUT2D eigenvalue weighted by atomic mass is 16.5. The number of nitrogens with one attached hydrogen (secondary N) is 2. The maximum absolute atomic E-state index is 12.3. The third kappa shape index (κ3) is 6.30. The first kappa shape index (κ1) is 21.3. The first-order valence-electron chi connectivity index (χ1n) is 10.4. The van der Waals surface area contributed by atoms with Gasteiger partial charge in [0.25, 0.3) is 5.91 Å². The molecule has 2 aromatic rings. The Balaban J connectivity index is 1.44. The van der Waals surface area contributed by atoms with Gasteiger partial charge < -0.3 is 14.8 Å². The number of amides is 1. The van der Waals surface area contributed by atoms with Crippen molar-refractivity contribution in [2.75, 3.05) is 33.4 Å². The highest BCUT2D eigenvalue weighted by Gasteiger charge is 2.18. The van der Waals surface area contributed by atoms with E-state index in [2.05, 4.69) is 41.3 Å². The van der Waals surface area contributed by atoms with Crippen LogP contribution in [-0.4, -0.2) is 60.5 Å². The second-order valence-electron chi connectivity index (χ2n) is 7.87. The molecule has 0 unspecified atom stereocenters. The van der Waals surface area contributed by atoms with Crippen molar-refractivity contribution in [3.63, 3.8) is 0 Å². The van der Waals surface area contributed by atoms with Gasteiger partial charge in [-0.2, -0.15) is 5.10 Å². The lowest BCUT2D eigenvalue weighted by atomic mass is 10.1. The van der Waals surface area contributed by atoms with Crippen molar-refractivity contribution in [2.24, 2.45) is 0 Å². The van der Waals surface area contributed by atoms with Crippen LogP contribution < -0.4 is 10.1 Å². The van der Waals surface area contributed by atoms with Crippen molar-refractivity contribution in [2.45, 2.75) is 45.2 Å². The monoisotopic (exact) mass is 400 g/mol. The largest absolute Gasteiger partial charge is 0.492 e. The number of likely N-dealkylation sites (N-methyl/N-ethyl adjacent to an activating group) is 1. The van der Waals surface area contributed by atoms with Crippen molar-refractivity contribution in [1.29, 1.82) is 0 Å². The standard InChI is InChI=1S/C22H32N4O3/c1-16(2)20-14-21(25-24-20)22(27)23-15-17-5-4-6-19(13-17)29-12-9-26(3)18-7-10-28-11-8-18/h4-6,13-14,16,18H,7-12,15H2,1-3H3,(H,23,27)(H,24,25). The van der Waals surface area contributed by atoms with Crippen LogP contribution in [0.1, 0.15) is 54.4 Å². The summed E-state index contributed by atoms with van der Waals surface area (Å²) >= 11 is 0. The molecule has 2 N–H and O–H groups in total. The van der Waals surface area contributed by atoms with Crippen LogP contribution in [0.3, 0.4) is 0 Å². The summed E-state index contributed by atoms with van der Waals surface area (Å²) in [5.74, 6) is 0.944. The van der Waals surface area contributed by atoms with Gasteiger partial charge in [0.05, 0.1) is 0 Å². The number of carbonyl (C=O) groups is 1. The number of hydrogen-bond donors (Lipinski definition) is 2. The zero-order chi connectivity index (χ0) is 20.6. The van der Waals surface area contributed by atoms with Gasteiger partial charge in [0.15, 0.2) is 0 Å². The van der Waals surface area contributed by atoms with Crippen LogP contribution >= 0.6 is 0 Å². The van der Waals surface area contributed by atoms with Gasteiger partial charge in [0.2, 0.25) is 0 Å². The van der Waals surface area contributed by atoms with E-state index in [0.29, 0.717) is 30.8 Å². The fraction of sp³-hybridized carbons (Fsp3) is 0.545. The number of carbonyl (C=O) groups excluding carboxylic acids is 1. The van der Waals surface area contributed by atoms with E-state index in [1.54, 1.807) is 6.07 Å². The van der Waals surface area contributed by atoms with Gasteiger partial charge in [0, 0.05) is 38.0 Å². The summed E-state index contributed by atoms with van der Waals surface area (Å²) in [5, 5.41) is 9.91. The number of rotatable bonds is 9. The van der Waals surface area contributed by atoms with Crippen LogP contribution in [0.5, 0.6) is 5.75 Å². The van der Waals surface area contributed by atoms with Crippen LogP contribution in [0.15, 0.2) is 30.3 Å². The van der Waals surface area contributed by atoms with Gasteiger partial charge in [0.1, 0.15) is 18.1 Å². The summed E-state index contributed by atoms with van der Waals surface area (Å²) in [7, 11) is 2.14. The molecule has 3 rings (SSSR count). The minimum Gasteiger partial charge on any atom is -0.492 e. The quantitative estimate of drug-likeness (QED) is 0.677. The minimum atomic E-state index is -0.183. The summed E-state index contributed by atoms with van der Waals surface area (Å²) in [6, 6.07) is 10.2. The minimum absolute atomic E-state index is 0.183. The van der Waals surface area contributed by atoms with E-state index in [1.807, 2.05) is 24.3 Å². The zero-order valence-electron chi connectivity index (χ0n) is 17.6. The Hall–Kier alpha value is -2.38. The van der Waals surface area contributed by atoms with E-state index in [1.165, 1.54) is 0 Å². The molecule has 7 nitrogen and oxygen atoms in total. The Labute approximate surface area is 172 Å². The van der Waals surface area contributed by atoms with Crippen molar-refractivity contribution >= 4 is 5.91 Å². The lowest BCUT2D eigenvalue weighted by Gasteiger charge is -2.31. The molecule has 0 spiro atoms. The molecule has 0 aliphatic carbocycles. The molecular formula is C22H32N4O3. The van der Waals surface area contributed by atoms with Crippen LogP contribution in [0.25, 0.3) is 0 Å². The zero-order valence-corrected chi connectivity index (χ0v) is 17.6. The molecule has 0 atom stereocenters.